The Morgan fingerprint density at radius 3 is 2.74 bits per heavy atom. The smallest absolute Gasteiger partial charge is 0.341 e. The Labute approximate surface area is 244 Å². The van der Waals surface area contributed by atoms with Crippen molar-refractivity contribution in [2.24, 2.45) is 5.92 Å². The number of aromatic amines is 1. The van der Waals surface area contributed by atoms with Crippen molar-refractivity contribution in [2.45, 2.75) is 12.5 Å². The summed E-state index contributed by atoms with van der Waals surface area (Å²) in [5, 5.41) is 24.0. The van der Waals surface area contributed by atoms with E-state index in [0.29, 0.717) is 44.7 Å². The molecule has 0 aliphatic carbocycles. The fourth-order valence-electron chi connectivity index (χ4n) is 6.93. The van der Waals surface area contributed by atoms with Gasteiger partial charge in [0.2, 0.25) is 5.43 Å². The van der Waals surface area contributed by atoms with E-state index in [2.05, 4.69) is 43.6 Å². The van der Waals surface area contributed by atoms with Gasteiger partial charge in [-0.1, -0.05) is 0 Å². The van der Waals surface area contributed by atoms with E-state index in [9.17, 15) is 20.0 Å². The minimum absolute atomic E-state index is 0.0839. The van der Waals surface area contributed by atoms with E-state index in [-0.39, 0.29) is 22.6 Å². The molecule has 2 fully saturated rings. The molecule has 4 N–H and O–H groups in total. The predicted molar refractivity (Wildman–Crippen MR) is 162 cm³/mol. The Morgan fingerprint density at radius 1 is 1.21 bits per heavy atom. The highest BCUT2D eigenvalue weighted by Crippen LogP contribution is 2.47. The molecule has 0 saturated carbocycles. The molecule has 0 amide bonds. The van der Waals surface area contributed by atoms with Crippen molar-refractivity contribution in [1.82, 2.24) is 24.5 Å². The number of nitrogens with one attached hydrogen (secondary N) is 3. The van der Waals surface area contributed by atoms with Crippen LogP contribution in [-0.4, -0.2) is 82.4 Å². The summed E-state index contributed by atoms with van der Waals surface area (Å²) in [4.78, 5) is 42.4. The lowest BCUT2D eigenvalue weighted by Gasteiger charge is -2.29. The van der Waals surface area contributed by atoms with Crippen LogP contribution >= 0.6 is 0 Å². The van der Waals surface area contributed by atoms with E-state index in [1.165, 1.54) is 16.9 Å². The summed E-state index contributed by atoms with van der Waals surface area (Å²) < 4.78 is 16.7. The molecular weight excluding hydrogens is 553 g/mol. The maximum atomic E-state index is 15.3. The molecule has 218 valence electrons. The van der Waals surface area contributed by atoms with Crippen LogP contribution in [0.15, 0.2) is 35.5 Å². The summed E-state index contributed by atoms with van der Waals surface area (Å²) in [6.45, 7) is 2.54. The van der Waals surface area contributed by atoms with E-state index in [4.69, 9.17) is 4.98 Å². The monoisotopic (exact) mass is 581 g/mol. The number of nitriles is 1. The number of hydrogen-bond acceptors (Lipinski definition) is 9. The van der Waals surface area contributed by atoms with Crippen LogP contribution in [0.4, 0.5) is 15.8 Å². The van der Waals surface area contributed by atoms with Crippen LogP contribution in [0.25, 0.3) is 44.1 Å². The van der Waals surface area contributed by atoms with Gasteiger partial charge in [0, 0.05) is 80.9 Å². The third-order valence-electron chi connectivity index (χ3n) is 8.85. The second kappa shape index (κ2) is 9.67. The van der Waals surface area contributed by atoms with Crippen LogP contribution in [0.5, 0.6) is 0 Å². The van der Waals surface area contributed by atoms with Crippen molar-refractivity contribution >= 4 is 50.3 Å². The Morgan fingerprint density at radius 2 is 2.02 bits per heavy atom. The van der Waals surface area contributed by atoms with Gasteiger partial charge in [-0.2, -0.15) is 5.26 Å². The maximum absolute atomic E-state index is 15.3. The van der Waals surface area contributed by atoms with Gasteiger partial charge in [0.15, 0.2) is 5.65 Å². The number of pyridine rings is 3. The lowest BCUT2D eigenvalue weighted by molar-refractivity contribution is 0.0695. The third kappa shape index (κ3) is 3.83. The van der Waals surface area contributed by atoms with Crippen LogP contribution in [0.3, 0.4) is 0 Å². The first-order valence-corrected chi connectivity index (χ1v) is 13.9. The highest BCUT2D eigenvalue weighted by atomic mass is 19.1. The van der Waals surface area contributed by atoms with Crippen molar-refractivity contribution in [1.29, 1.82) is 5.26 Å². The van der Waals surface area contributed by atoms with Gasteiger partial charge in [0.1, 0.15) is 23.1 Å². The molecule has 13 heteroatoms. The van der Waals surface area contributed by atoms with Gasteiger partial charge in [-0.25, -0.2) is 23.8 Å². The number of likely N-dealkylation sites (N-methyl/N-ethyl adjacent to an activating group) is 1. The molecule has 12 nitrogen and oxygen atoms in total. The van der Waals surface area contributed by atoms with Gasteiger partial charge in [-0.05, 0) is 25.5 Å². The molecule has 43 heavy (non-hydrogen) atoms. The van der Waals surface area contributed by atoms with Crippen LogP contribution in [-0.2, 0) is 0 Å². The SMILES string of the molecule is CNc1cc(F)c(C#N)c2c1[nH]c1ncc(-c3cnc4c(c3)c(=O)c(C(=O)O)cn4NC)c(N3CCC4CN(C)CC43)c12. The Bertz CT molecular complexity index is 2100. The van der Waals surface area contributed by atoms with Crippen LogP contribution in [0, 0.1) is 23.1 Å². The van der Waals surface area contributed by atoms with Crippen LogP contribution in [0.2, 0.25) is 0 Å². The van der Waals surface area contributed by atoms with Crippen molar-refractivity contribution in [3.63, 3.8) is 0 Å². The average molecular weight is 582 g/mol. The normalized spacial score (nSPS) is 18.4. The highest BCUT2D eigenvalue weighted by molar-refractivity contribution is 6.20. The number of halogens is 1. The second-order valence-electron chi connectivity index (χ2n) is 11.2. The standard InChI is InChI=1S/C30H28FN9O3/c1-33-21-7-20(31)17(8-32)23-24-26(39-5-4-14-11-38(3)13-22(14)39)18(10-35-28(24)37-25(21)23)15-6-16-27(41)19(30(42)43)12-40(34-2)29(16)36-9-15/h6-7,9-10,12,14,22,33-34H,4-5,11,13H2,1-3H3,(H,35,37)(H,42,43). The van der Waals surface area contributed by atoms with Crippen molar-refractivity contribution in [2.75, 3.05) is 56.4 Å². The largest absolute Gasteiger partial charge is 0.477 e. The molecular formula is C30H28FN9O3. The van der Waals surface area contributed by atoms with Crippen molar-refractivity contribution < 1.29 is 14.3 Å². The zero-order valence-corrected chi connectivity index (χ0v) is 23.7. The molecule has 0 radical (unpaired) electrons. The summed E-state index contributed by atoms with van der Waals surface area (Å²) in [6.07, 6.45) is 5.49. The van der Waals surface area contributed by atoms with Crippen LogP contribution in [0.1, 0.15) is 22.3 Å². The quantitative estimate of drug-likeness (QED) is 0.243. The van der Waals surface area contributed by atoms with Gasteiger partial charge in [0.25, 0.3) is 0 Å². The van der Waals surface area contributed by atoms with E-state index in [1.54, 1.807) is 32.6 Å². The summed E-state index contributed by atoms with van der Waals surface area (Å²) in [5.74, 6) is -1.55. The van der Waals surface area contributed by atoms with Gasteiger partial charge in [-0.3, -0.25) is 4.79 Å². The number of nitrogens with zero attached hydrogens (tertiary/aromatic N) is 6. The first-order valence-electron chi connectivity index (χ1n) is 13.9. The number of aromatic nitrogens is 4. The molecule has 2 aliphatic heterocycles. The predicted octanol–water partition coefficient (Wildman–Crippen LogP) is 3.16. The summed E-state index contributed by atoms with van der Waals surface area (Å²) >= 11 is 0. The second-order valence-corrected chi connectivity index (χ2v) is 11.2. The summed E-state index contributed by atoms with van der Waals surface area (Å²) in [6, 6.07) is 5.17. The Kier molecular flexibility index (Phi) is 6.00. The number of rotatable bonds is 5. The van der Waals surface area contributed by atoms with Crippen molar-refractivity contribution in [3.05, 3.63) is 57.9 Å². The summed E-state index contributed by atoms with van der Waals surface area (Å²) in [7, 11) is 5.38. The topological polar surface area (TPSA) is 155 Å². The number of fused-ring (bicyclic) bond motifs is 5. The number of carboxylic acids is 1. The fraction of sp³-hybridized carbons (Fsp3) is 0.300. The highest BCUT2D eigenvalue weighted by Gasteiger charge is 2.42. The molecule has 1 aromatic carbocycles. The average Bonchev–Trinajstić information content (AvgIpc) is 3.68. The summed E-state index contributed by atoms with van der Waals surface area (Å²) in [5.41, 5.74) is 5.53. The molecule has 2 aliphatic rings. The number of aromatic carboxylic acids is 1. The number of benzene rings is 1. The molecule has 2 saturated heterocycles. The number of carbonyl (C=O) groups is 1. The third-order valence-corrected chi connectivity index (χ3v) is 8.85. The van der Waals surface area contributed by atoms with E-state index < -0.39 is 22.8 Å². The zero-order chi connectivity index (χ0) is 30.2. The molecule has 5 aromatic rings. The fourth-order valence-corrected chi connectivity index (χ4v) is 6.93. The number of likely N-dealkylation sites (tertiary alicyclic amines) is 1. The molecule has 0 spiro atoms. The van der Waals surface area contributed by atoms with E-state index >= 15 is 4.39 Å². The number of H-pyrrole nitrogens is 1. The van der Waals surface area contributed by atoms with E-state index in [1.807, 2.05) is 0 Å². The zero-order valence-electron chi connectivity index (χ0n) is 23.7. The first-order chi connectivity index (χ1) is 20.7. The molecule has 7 rings (SSSR count). The maximum Gasteiger partial charge on any atom is 0.341 e. The van der Waals surface area contributed by atoms with Gasteiger partial charge in [-0.15, -0.1) is 0 Å². The van der Waals surface area contributed by atoms with Gasteiger partial charge in [0.05, 0.1) is 33.2 Å². The Balaban J connectivity index is 1.59. The first kappa shape index (κ1) is 26.7. The number of anilines is 2. The lowest BCUT2D eigenvalue weighted by Crippen LogP contribution is -2.35. The number of hydrogen-bond donors (Lipinski definition) is 4. The molecule has 6 heterocycles. The lowest BCUT2D eigenvalue weighted by atomic mass is 9.98. The van der Waals surface area contributed by atoms with E-state index in [0.717, 1.165) is 31.7 Å². The molecule has 0 bridgehead atoms. The van der Waals surface area contributed by atoms with Gasteiger partial charge >= 0.3 is 5.97 Å². The molecule has 2 unspecified atom stereocenters. The molecule has 4 aromatic heterocycles. The Hall–Kier alpha value is -5.22. The molecule has 2 atom stereocenters. The van der Waals surface area contributed by atoms with Gasteiger partial charge < -0.3 is 30.6 Å². The minimum Gasteiger partial charge on any atom is -0.477 e. The minimum atomic E-state index is -1.34. The van der Waals surface area contributed by atoms with Crippen molar-refractivity contribution in [3.8, 4) is 17.2 Å². The van der Waals surface area contributed by atoms with Crippen LogP contribution < -0.4 is 21.1 Å². The number of carboxylic acid groups (broad SMARTS) is 1.